The molecule has 0 spiro atoms. The lowest BCUT2D eigenvalue weighted by Gasteiger charge is -2.35. The van der Waals surface area contributed by atoms with Crippen molar-refractivity contribution in [1.29, 1.82) is 0 Å². The van der Waals surface area contributed by atoms with Gasteiger partial charge in [0.2, 0.25) is 11.8 Å². The van der Waals surface area contributed by atoms with Gasteiger partial charge in [0.25, 0.3) is 5.91 Å². The van der Waals surface area contributed by atoms with Crippen molar-refractivity contribution in [2.45, 2.75) is 45.6 Å². The molecular formula is C24H37N5O3. The second kappa shape index (κ2) is 12.0. The van der Waals surface area contributed by atoms with Crippen LogP contribution in [-0.4, -0.2) is 90.8 Å². The fraction of sp³-hybridized carbons (Fsp3) is 0.625. The summed E-state index contributed by atoms with van der Waals surface area (Å²) in [4.78, 5) is 43.6. The van der Waals surface area contributed by atoms with E-state index in [1.807, 2.05) is 4.90 Å². The highest BCUT2D eigenvalue weighted by atomic mass is 16.2. The SMILES string of the molecule is CC(=O)Nc1cccc(C(=O)N(CCC(=O)N2CCNCC2)CCN2CCCC[C@@H]2C)c1. The minimum Gasteiger partial charge on any atom is -0.340 e. The van der Waals surface area contributed by atoms with E-state index in [0.29, 0.717) is 36.8 Å². The number of nitrogens with one attached hydrogen (secondary N) is 2. The summed E-state index contributed by atoms with van der Waals surface area (Å²) in [6.45, 7) is 9.61. The maximum absolute atomic E-state index is 13.4. The van der Waals surface area contributed by atoms with Crippen molar-refractivity contribution in [3.05, 3.63) is 29.8 Å². The van der Waals surface area contributed by atoms with E-state index in [1.165, 1.54) is 26.2 Å². The van der Waals surface area contributed by atoms with Crippen molar-refractivity contribution < 1.29 is 14.4 Å². The first-order valence-electron chi connectivity index (χ1n) is 11.8. The Bertz CT molecular complexity index is 794. The van der Waals surface area contributed by atoms with Gasteiger partial charge in [0.15, 0.2) is 0 Å². The average molecular weight is 444 g/mol. The van der Waals surface area contributed by atoms with Crippen LogP contribution in [0.5, 0.6) is 0 Å². The molecule has 1 atom stereocenters. The van der Waals surface area contributed by atoms with E-state index >= 15 is 0 Å². The molecule has 3 rings (SSSR count). The number of anilines is 1. The van der Waals surface area contributed by atoms with Crippen LogP contribution in [0, 0.1) is 0 Å². The number of amides is 3. The molecule has 2 saturated heterocycles. The Morgan fingerprint density at radius 1 is 1.12 bits per heavy atom. The normalized spacial score (nSPS) is 19.4. The van der Waals surface area contributed by atoms with Gasteiger partial charge in [0.1, 0.15) is 0 Å². The number of carbonyl (C=O) groups excluding carboxylic acids is 3. The topological polar surface area (TPSA) is 85.0 Å². The third-order valence-electron chi connectivity index (χ3n) is 6.38. The van der Waals surface area contributed by atoms with Crippen molar-refractivity contribution in [2.24, 2.45) is 0 Å². The van der Waals surface area contributed by atoms with Crippen LogP contribution in [0.3, 0.4) is 0 Å². The fourth-order valence-corrected chi connectivity index (χ4v) is 4.47. The molecule has 176 valence electrons. The molecule has 8 heteroatoms. The Morgan fingerprint density at radius 3 is 2.62 bits per heavy atom. The molecule has 0 saturated carbocycles. The number of likely N-dealkylation sites (tertiary alicyclic amines) is 1. The third-order valence-corrected chi connectivity index (χ3v) is 6.38. The molecular weight excluding hydrogens is 406 g/mol. The number of piperidine rings is 1. The first-order chi connectivity index (χ1) is 15.4. The Kier molecular flexibility index (Phi) is 9.05. The van der Waals surface area contributed by atoms with Gasteiger partial charge in [-0.05, 0) is 44.5 Å². The number of nitrogens with zero attached hydrogens (tertiary/aromatic N) is 3. The van der Waals surface area contributed by atoms with Crippen molar-refractivity contribution in [2.75, 3.05) is 57.7 Å². The largest absolute Gasteiger partial charge is 0.340 e. The summed E-state index contributed by atoms with van der Waals surface area (Å²) in [5.74, 6) is -0.176. The zero-order valence-corrected chi connectivity index (χ0v) is 19.4. The van der Waals surface area contributed by atoms with Gasteiger partial charge in [-0.15, -0.1) is 0 Å². The van der Waals surface area contributed by atoms with Gasteiger partial charge in [-0.25, -0.2) is 0 Å². The number of rotatable bonds is 8. The highest BCUT2D eigenvalue weighted by Crippen LogP contribution is 2.17. The highest BCUT2D eigenvalue weighted by Gasteiger charge is 2.23. The number of hydrogen-bond acceptors (Lipinski definition) is 5. The Morgan fingerprint density at radius 2 is 1.91 bits per heavy atom. The number of benzene rings is 1. The first kappa shape index (κ1) is 24.2. The monoisotopic (exact) mass is 443 g/mol. The second-order valence-electron chi connectivity index (χ2n) is 8.82. The summed E-state index contributed by atoms with van der Waals surface area (Å²) < 4.78 is 0. The lowest BCUT2D eigenvalue weighted by molar-refractivity contribution is -0.132. The standard InChI is InChI=1S/C24H37N5O3/c1-19-6-3-4-12-27(19)16-17-29(13-9-23(31)28-14-10-25-11-15-28)24(32)21-7-5-8-22(18-21)26-20(2)30/h5,7-8,18-19,25H,3-4,6,9-17H2,1-2H3,(H,26,30)/t19-/m0/s1. The maximum atomic E-state index is 13.4. The molecule has 32 heavy (non-hydrogen) atoms. The van der Waals surface area contributed by atoms with Crippen LogP contribution in [0.4, 0.5) is 5.69 Å². The first-order valence-corrected chi connectivity index (χ1v) is 11.8. The molecule has 1 aromatic rings. The molecule has 2 aliphatic rings. The highest BCUT2D eigenvalue weighted by molar-refractivity contribution is 5.97. The fourth-order valence-electron chi connectivity index (χ4n) is 4.47. The summed E-state index contributed by atoms with van der Waals surface area (Å²) in [7, 11) is 0. The van der Waals surface area contributed by atoms with Gasteiger partial charge in [-0.2, -0.15) is 0 Å². The molecule has 0 aromatic heterocycles. The second-order valence-corrected chi connectivity index (χ2v) is 8.82. The Balaban J connectivity index is 1.67. The van der Waals surface area contributed by atoms with Crippen LogP contribution in [0.2, 0.25) is 0 Å². The molecule has 0 unspecified atom stereocenters. The van der Waals surface area contributed by atoms with Gasteiger partial charge < -0.3 is 20.4 Å². The molecule has 1 aromatic carbocycles. The van der Waals surface area contributed by atoms with Gasteiger partial charge >= 0.3 is 0 Å². The summed E-state index contributed by atoms with van der Waals surface area (Å²) in [5.41, 5.74) is 1.13. The maximum Gasteiger partial charge on any atom is 0.253 e. The van der Waals surface area contributed by atoms with Crippen LogP contribution in [0.25, 0.3) is 0 Å². The Hall–Kier alpha value is -2.45. The van der Waals surface area contributed by atoms with E-state index in [4.69, 9.17) is 0 Å². The molecule has 2 aliphatic heterocycles. The third kappa shape index (κ3) is 7.03. The van der Waals surface area contributed by atoms with Gasteiger partial charge in [-0.3, -0.25) is 19.3 Å². The van der Waals surface area contributed by atoms with Crippen LogP contribution in [-0.2, 0) is 9.59 Å². The van der Waals surface area contributed by atoms with E-state index in [2.05, 4.69) is 22.5 Å². The Labute approximate surface area is 191 Å². The summed E-state index contributed by atoms with van der Waals surface area (Å²) in [6.07, 6.45) is 3.97. The summed E-state index contributed by atoms with van der Waals surface area (Å²) in [6, 6.07) is 7.54. The van der Waals surface area contributed by atoms with E-state index < -0.39 is 0 Å². The van der Waals surface area contributed by atoms with Crippen LogP contribution in [0.1, 0.15) is 49.9 Å². The van der Waals surface area contributed by atoms with E-state index in [-0.39, 0.29) is 17.7 Å². The van der Waals surface area contributed by atoms with Crippen molar-refractivity contribution >= 4 is 23.4 Å². The number of hydrogen-bond donors (Lipinski definition) is 2. The van der Waals surface area contributed by atoms with Crippen LogP contribution in [0.15, 0.2) is 24.3 Å². The lowest BCUT2D eigenvalue weighted by atomic mass is 10.0. The van der Waals surface area contributed by atoms with Crippen molar-refractivity contribution in [3.63, 3.8) is 0 Å². The average Bonchev–Trinajstić information content (AvgIpc) is 2.80. The zero-order valence-electron chi connectivity index (χ0n) is 19.4. The number of carbonyl (C=O) groups is 3. The summed E-state index contributed by atoms with van der Waals surface area (Å²) in [5, 5.41) is 6.00. The van der Waals surface area contributed by atoms with E-state index in [1.54, 1.807) is 29.2 Å². The van der Waals surface area contributed by atoms with Gasteiger partial charge in [-0.1, -0.05) is 12.5 Å². The van der Waals surface area contributed by atoms with Crippen molar-refractivity contribution in [3.8, 4) is 0 Å². The molecule has 2 N–H and O–H groups in total. The molecule has 3 amide bonds. The molecule has 0 radical (unpaired) electrons. The molecule has 8 nitrogen and oxygen atoms in total. The molecule has 2 fully saturated rings. The summed E-state index contributed by atoms with van der Waals surface area (Å²) >= 11 is 0. The quantitative estimate of drug-likeness (QED) is 0.640. The van der Waals surface area contributed by atoms with Gasteiger partial charge in [0, 0.05) is 76.5 Å². The van der Waals surface area contributed by atoms with E-state index in [0.717, 1.165) is 39.3 Å². The molecule has 0 aliphatic carbocycles. The van der Waals surface area contributed by atoms with E-state index in [9.17, 15) is 14.4 Å². The number of piperazine rings is 1. The lowest BCUT2D eigenvalue weighted by Crippen LogP contribution is -2.48. The van der Waals surface area contributed by atoms with Crippen LogP contribution < -0.4 is 10.6 Å². The predicted octanol–water partition coefficient (Wildman–Crippen LogP) is 1.78. The smallest absolute Gasteiger partial charge is 0.253 e. The minimum absolute atomic E-state index is 0.0997. The molecule has 2 heterocycles. The zero-order chi connectivity index (χ0) is 22.9. The molecule has 0 bridgehead atoms. The van der Waals surface area contributed by atoms with Gasteiger partial charge in [0.05, 0.1) is 0 Å². The van der Waals surface area contributed by atoms with Crippen molar-refractivity contribution in [1.82, 2.24) is 20.0 Å². The predicted molar refractivity (Wildman–Crippen MR) is 126 cm³/mol. The van der Waals surface area contributed by atoms with Crippen LogP contribution >= 0.6 is 0 Å². The minimum atomic E-state index is -0.174.